The van der Waals surface area contributed by atoms with E-state index in [1.807, 2.05) is 0 Å². The molecule has 20 heavy (non-hydrogen) atoms. The van der Waals surface area contributed by atoms with Crippen LogP contribution in [0.2, 0.25) is 0 Å². The number of carboxylic acids is 1. The van der Waals surface area contributed by atoms with E-state index in [4.69, 9.17) is 5.11 Å². The zero-order chi connectivity index (χ0) is 14.3. The number of nitrogens with zero attached hydrogens (tertiary/aromatic N) is 1. The van der Waals surface area contributed by atoms with Crippen molar-refractivity contribution in [3.05, 3.63) is 65.9 Å². The summed E-state index contributed by atoms with van der Waals surface area (Å²) in [5, 5.41) is 9.64. The fraction of sp³-hybridized carbons (Fsp3) is 0. The highest BCUT2D eigenvalue weighted by atomic mass is 19.1. The second kappa shape index (κ2) is 4.45. The molecular weight excluding hydrogens is 264 g/mol. The van der Waals surface area contributed by atoms with Crippen LogP contribution in [0.4, 0.5) is 8.78 Å². The molecule has 5 heteroatoms. The molecule has 0 atom stereocenters. The van der Waals surface area contributed by atoms with Crippen molar-refractivity contribution in [2.45, 2.75) is 0 Å². The predicted molar refractivity (Wildman–Crippen MR) is 70.2 cm³/mol. The first-order valence-corrected chi connectivity index (χ1v) is 5.86. The van der Waals surface area contributed by atoms with Crippen LogP contribution < -0.4 is 0 Å². The summed E-state index contributed by atoms with van der Waals surface area (Å²) in [6.45, 7) is 0. The van der Waals surface area contributed by atoms with Crippen molar-refractivity contribution < 1.29 is 18.7 Å². The maximum absolute atomic E-state index is 13.3. The molecule has 0 fully saturated rings. The Morgan fingerprint density at radius 3 is 2.40 bits per heavy atom. The number of aromatic carboxylic acids is 1. The number of hydrogen-bond donors (Lipinski definition) is 1. The Morgan fingerprint density at radius 1 is 1.05 bits per heavy atom. The van der Waals surface area contributed by atoms with E-state index in [0.717, 1.165) is 6.07 Å². The van der Waals surface area contributed by atoms with Gasteiger partial charge in [0, 0.05) is 17.6 Å². The number of halogens is 2. The molecule has 100 valence electrons. The van der Waals surface area contributed by atoms with Crippen LogP contribution >= 0.6 is 0 Å². The molecule has 1 N–H and O–H groups in total. The lowest BCUT2D eigenvalue weighted by atomic mass is 10.1. The first-order valence-electron chi connectivity index (χ1n) is 5.86. The van der Waals surface area contributed by atoms with E-state index in [1.165, 1.54) is 18.2 Å². The van der Waals surface area contributed by atoms with E-state index in [2.05, 4.69) is 0 Å². The second-order valence-corrected chi connectivity index (χ2v) is 4.36. The standard InChI is InChI=1S/C15H9F2NO2/c16-9-6-10(17)8-11(7-9)18-5-4-12-13(15(19)20)2-1-3-14(12)18/h1-8H,(H,19,20). The highest BCUT2D eigenvalue weighted by molar-refractivity contribution is 6.03. The van der Waals surface area contributed by atoms with Gasteiger partial charge in [-0.15, -0.1) is 0 Å². The first kappa shape index (κ1) is 12.3. The third kappa shape index (κ3) is 1.93. The van der Waals surface area contributed by atoms with Crippen molar-refractivity contribution in [1.29, 1.82) is 0 Å². The van der Waals surface area contributed by atoms with Crippen LogP contribution in [0.15, 0.2) is 48.7 Å². The van der Waals surface area contributed by atoms with Crippen LogP contribution in [0.25, 0.3) is 16.6 Å². The van der Waals surface area contributed by atoms with Gasteiger partial charge in [0.2, 0.25) is 0 Å². The van der Waals surface area contributed by atoms with E-state index in [0.29, 0.717) is 16.6 Å². The molecule has 1 aromatic heterocycles. The lowest BCUT2D eigenvalue weighted by Gasteiger charge is -2.06. The summed E-state index contributed by atoms with van der Waals surface area (Å²) >= 11 is 0. The molecule has 2 aromatic carbocycles. The van der Waals surface area contributed by atoms with Crippen molar-refractivity contribution in [3.63, 3.8) is 0 Å². The highest BCUT2D eigenvalue weighted by Crippen LogP contribution is 2.24. The van der Waals surface area contributed by atoms with E-state index < -0.39 is 17.6 Å². The average molecular weight is 273 g/mol. The van der Waals surface area contributed by atoms with Gasteiger partial charge in [0.25, 0.3) is 0 Å². The number of aromatic nitrogens is 1. The number of rotatable bonds is 2. The third-order valence-corrected chi connectivity index (χ3v) is 3.09. The van der Waals surface area contributed by atoms with Gasteiger partial charge in [0.05, 0.1) is 16.8 Å². The van der Waals surface area contributed by atoms with Crippen LogP contribution in [0.3, 0.4) is 0 Å². The average Bonchev–Trinajstić information content (AvgIpc) is 2.80. The third-order valence-electron chi connectivity index (χ3n) is 3.09. The van der Waals surface area contributed by atoms with Gasteiger partial charge in [-0.3, -0.25) is 0 Å². The Balaban J connectivity index is 2.28. The topological polar surface area (TPSA) is 42.2 Å². The second-order valence-electron chi connectivity index (χ2n) is 4.36. The minimum atomic E-state index is -1.04. The molecule has 3 rings (SSSR count). The van der Waals surface area contributed by atoms with Gasteiger partial charge in [-0.25, -0.2) is 13.6 Å². The molecule has 1 heterocycles. The summed E-state index contributed by atoms with van der Waals surface area (Å²) < 4.78 is 28.1. The smallest absolute Gasteiger partial charge is 0.336 e. The first-order chi connectivity index (χ1) is 9.56. The van der Waals surface area contributed by atoms with Gasteiger partial charge in [0.15, 0.2) is 0 Å². The van der Waals surface area contributed by atoms with Gasteiger partial charge in [-0.1, -0.05) is 6.07 Å². The summed E-state index contributed by atoms with van der Waals surface area (Å²) in [6.07, 6.45) is 1.59. The molecular formula is C15H9F2NO2. The lowest BCUT2D eigenvalue weighted by molar-refractivity contribution is 0.0699. The summed E-state index contributed by atoms with van der Waals surface area (Å²) in [6, 6.07) is 9.56. The van der Waals surface area contributed by atoms with Crippen molar-refractivity contribution in [3.8, 4) is 5.69 Å². The quantitative estimate of drug-likeness (QED) is 0.775. The van der Waals surface area contributed by atoms with Crippen LogP contribution in [-0.4, -0.2) is 15.6 Å². The molecule has 3 nitrogen and oxygen atoms in total. The van der Waals surface area contributed by atoms with E-state index >= 15 is 0 Å². The molecule has 0 aliphatic rings. The van der Waals surface area contributed by atoms with E-state index in [9.17, 15) is 13.6 Å². The molecule has 0 radical (unpaired) electrons. The van der Waals surface area contributed by atoms with Crippen molar-refractivity contribution in [1.82, 2.24) is 4.57 Å². The van der Waals surface area contributed by atoms with Crippen LogP contribution in [0, 0.1) is 11.6 Å². The summed E-state index contributed by atoms with van der Waals surface area (Å²) in [7, 11) is 0. The molecule has 0 bridgehead atoms. The normalized spacial score (nSPS) is 10.9. The molecule has 0 amide bonds. The predicted octanol–water partition coefficient (Wildman–Crippen LogP) is 3.61. The fourth-order valence-electron chi connectivity index (χ4n) is 2.26. The summed E-state index contributed by atoms with van der Waals surface area (Å²) in [4.78, 5) is 11.1. The molecule has 0 spiro atoms. The Morgan fingerprint density at radius 2 is 1.75 bits per heavy atom. The minimum absolute atomic E-state index is 0.151. The minimum Gasteiger partial charge on any atom is -0.478 e. The molecule has 0 aliphatic heterocycles. The number of carboxylic acid groups (broad SMARTS) is 1. The van der Waals surface area contributed by atoms with Crippen LogP contribution in [-0.2, 0) is 0 Å². The Bertz CT molecular complexity index is 804. The van der Waals surface area contributed by atoms with Gasteiger partial charge >= 0.3 is 5.97 Å². The van der Waals surface area contributed by atoms with Crippen molar-refractivity contribution in [2.24, 2.45) is 0 Å². The maximum Gasteiger partial charge on any atom is 0.336 e. The largest absolute Gasteiger partial charge is 0.478 e. The Hall–Kier alpha value is -2.69. The summed E-state index contributed by atoms with van der Waals surface area (Å²) in [5.74, 6) is -2.41. The van der Waals surface area contributed by atoms with Gasteiger partial charge in [-0.2, -0.15) is 0 Å². The molecule has 0 saturated heterocycles. The zero-order valence-electron chi connectivity index (χ0n) is 10.2. The van der Waals surface area contributed by atoms with Crippen LogP contribution in [0.1, 0.15) is 10.4 Å². The fourth-order valence-corrected chi connectivity index (χ4v) is 2.26. The molecule has 0 unspecified atom stereocenters. The zero-order valence-corrected chi connectivity index (χ0v) is 10.2. The van der Waals surface area contributed by atoms with Crippen molar-refractivity contribution >= 4 is 16.9 Å². The highest BCUT2D eigenvalue weighted by Gasteiger charge is 2.12. The number of fused-ring (bicyclic) bond motifs is 1. The van der Waals surface area contributed by atoms with Gasteiger partial charge < -0.3 is 9.67 Å². The maximum atomic E-state index is 13.3. The van der Waals surface area contributed by atoms with Crippen LogP contribution in [0.5, 0.6) is 0 Å². The van der Waals surface area contributed by atoms with E-state index in [-0.39, 0.29) is 5.56 Å². The van der Waals surface area contributed by atoms with Crippen molar-refractivity contribution in [2.75, 3.05) is 0 Å². The number of carbonyl (C=O) groups is 1. The lowest BCUT2D eigenvalue weighted by Crippen LogP contribution is -1.98. The van der Waals surface area contributed by atoms with Gasteiger partial charge in [-0.05, 0) is 30.3 Å². The number of hydrogen-bond acceptors (Lipinski definition) is 1. The number of benzene rings is 2. The van der Waals surface area contributed by atoms with Gasteiger partial charge in [0.1, 0.15) is 11.6 Å². The monoisotopic (exact) mass is 273 g/mol. The Kier molecular flexibility index (Phi) is 2.75. The molecule has 0 aliphatic carbocycles. The SMILES string of the molecule is O=C(O)c1cccc2c1ccn2-c1cc(F)cc(F)c1. The van der Waals surface area contributed by atoms with E-state index in [1.54, 1.807) is 29.0 Å². The molecule has 3 aromatic rings. The molecule has 0 saturated carbocycles. The summed E-state index contributed by atoms with van der Waals surface area (Å²) in [5.41, 5.74) is 1.04. The Labute approximate surface area is 112 Å².